The molecule has 0 spiro atoms. The summed E-state index contributed by atoms with van der Waals surface area (Å²) in [7, 11) is 0. The Morgan fingerprint density at radius 1 is 1.25 bits per heavy atom. The Morgan fingerprint density at radius 2 is 1.80 bits per heavy atom. The Labute approximate surface area is 125 Å². The number of amides is 2. The second-order valence-corrected chi connectivity index (χ2v) is 5.73. The number of primary amides is 1. The molecule has 1 aromatic carbocycles. The molecule has 5 N–H and O–H groups in total. The Bertz CT molecular complexity index is 510. The van der Waals surface area contributed by atoms with Crippen LogP contribution in [0.15, 0.2) is 18.2 Å². The number of nitrogens with one attached hydrogen (secondary N) is 1. The molecular weight excluding hydrogens is 278 g/mol. The molecule has 1 atom stereocenters. The van der Waals surface area contributed by atoms with Crippen molar-refractivity contribution in [3.63, 3.8) is 0 Å². The average Bonchev–Trinajstić information content (AvgIpc) is 2.26. The first-order valence-corrected chi connectivity index (χ1v) is 6.10. The van der Waals surface area contributed by atoms with Crippen molar-refractivity contribution < 1.29 is 9.59 Å². The number of carbonyl (C=O) groups is 2. The summed E-state index contributed by atoms with van der Waals surface area (Å²) in [6.45, 7) is 7.47. The van der Waals surface area contributed by atoms with Crippen LogP contribution in [0, 0.1) is 12.3 Å². The third-order valence-corrected chi connectivity index (χ3v) is 2.97. The number of halogens is 1. The second kappa shape index (κ2) is 6.72. The van der Waals surface area contributed by atoms with Crippen LogP contribution >= 0.6 is 12.4 Å². The maximum Gasteiger partial charge on any atom is 0.248 e. The zero-order valence-electron chi connectivity index (χ0n) is 12.2. The van der Waals surface area contributed by atoms with Gasteiger partial charge in [-0.1, -0.05) is 20.8 Å². The SMILES string of the molecule is Cc1cc(NC(=O)[C@@H](N)C(C)(C)C)ccc1C(N)=O.Cl. The molecular formula is C14H22ClN3O2. The minimum atomic E-state index is -0.608. The number of carbonyl (C=O) groups excluding carboxylic acids is 2. The first-order chi connectivity index (χ1) is 8.62. The fourth-order valence-electron chi connectivity index (χ4n) is 1.63. The van der Waals surface area contributed by atoms with E-state index in [-0.39, 0.29) is 23.7 Å². The largest absolute Gasteiger partial charge is 0.366 e. The summed E-state index contributed by atoms with van der Waals surface area (Å²) in [5.41, 5.74) is 12.5. The Morgan fingerprint density at radius 3 is 2.20 bits per heavy atom. The summed E-state index contributed by atoms with van der Waals surface area (Å²) < 4.78 is 0. The van der Waals surface area contributed by atoms with Gasteiger partial charge in [-0.15, -0.1) is 12.4 Å². The topological polar surface area (TPSA) is 98.2 Å². The predicted molar refractivity (Wildman–Crippen MR) is 83.0 cm³/mol. The van der Waals surface area contributed by atoms with Crippen molar-refractivity contribution in [1.29, 1.82) is 0 Å². The minimum absolute atomic E-state index is 0. The third-order valence-electron chi connectivity index (χ3n) is 2.97. The van der Waals surface area contributed by atoms with E-state index < -0.39 is 11.9 Å². The molecule has 0 aliphatic rings. The number of aryl methyl sites for hydroxylation is 1. The lowest BCUT2D eigenvalue weighted by molar-refractivity contribution is -0.119. The second-order valence-electron chi connectivity index (χ2n) is 5.73. The first kappa shape index (κ1) is 18.4. The minimum Gasteiger partial charge on any atom is -0.366 e. The number of nitrogens with two attached hydrogens (primary N) is 2. The van der Waals surface area contributed by atoms with Crippen molar-refractivity contribution in [2.45, 2.75) is 33.7 Å². The molecule has 0 saturated carbocycles. The van der Waals surface area contributed by atoms with E-state index in [1.54, 1.807) is 25.1 Å². The van der Waals surface area contributed by atoms with Crippen LogP contribution in [0.2, 0.25) is 0 Å². The van der Waals surface area contributed by atoms with Crippen molar-refractivity contribution in [2.75, 3.05) is 5.32 Å². The van der Waals surface area contributed by atoms with Crippen molar-refractivity contribution >= 4 is 29.9 Å². The standard InChI is InChI=1S/C14H21N3O2.ClH/c1-8-7-9(5-6-10(8)12(16)18)17-13(19)11(15)14(2,3)4;/h5-7,11H,15H2,1-4H3,(H2,16,18)(H,17,19);1H/t11-;/m1./s1. The van der Waals surface area contributed by atoms with Gasteiger partial charge in [0, 0.05) is 11.3 Å². The van der Waals surface area contributed by atoms with Gasteiger partial charge >= 0.3 is 0 Å². The fraction of sp³-hybridized carbons (Fsp3) is 0.429. The number of hydrogen-bond donors (Lipinski definition) is 3. The van der Waals surface area contributed by atoms with Gasteiger partial charge in [0.2, 0.25) is 11.8 Å². The van der Waals surface area contributed by atoms with Gasteiger partial charge in [0.15, 0.2) is 0 Å². The summed E-state index contributed by atoms with van der Waals surface area (Å²) in [5, 5.41) is 2.74. The number of benzene rings is 1. The molecule has 0 unspecified atom stereocenters. The zero-order valence-corrected chi connectivity index (χ0v) is 13.0. The molecule has 0 heterocycles. The van der Waals surface area contributed by atoms with Gasteiger partial charge in [0.25, 0.3) is 0 Å². The van der Waals surface area contributed by atoms with Crippen molar-refractivity contribution in [2.24, 2.45) is 16.9 Å². The van der Waals surface area contributed by atoms with Gasteiger partial charge in [0.1, 0.15) is 0 Å². The highest BCUT2D eigenvalue weighted by molar-refractivity contribution is 5.97. The van der Waals surface area contributed by atoms with E-state index in [9.17, 15) is 9.59 Å². The van der Waals surface area contributed by atoms with Crippen molar-refractivity contribution in [3.05, 3.63) is 29.3 Å². The molecule has 0 aliphatic carbocycles. The molecule has 0 bridgehead atoms. The highest BCUT2D eigenvalue weighted by Crippen LogP contribution is 2.20. The molecule has 0 fully saturated rings. The quantitative estimate of drug-likeness (QED) is 0.794. The smallest absolute Gasteiger partial charge is 0.248 e. The molecule has 2 amide bonds. The van der Waals surface area contributed by atoms with Crippen LogP contribution < -0.4 is 16.8 Å². The fourth-order valence-corrected chi connectivity index (χ4v) is 1.63. The third kappa shape index (κ3) is 4.51. The van der Waals surface area contributed by atoms with Gasteiger partial charge in [-0.2, -0.15) is 0 Å². The average molecular weight is 300 g/mol. The molecule has 0 aromatic heterocycles. The molecule has 1 aromatic rings. The van der Waals surface area contributed by atoms with Crippen LogP contribution in [-0.2, 0) is 4.79 Å². The molecule has 1 rings (SSSR count). The van der Waals surface area contributed by atoms with Crippen LogP contribution in [0.4, 0.5) is 5.69 Å². The van der Waals surface area contributed by atoms with Gasteiger partial charge in [0.05, 0.1) is 6.04 Å². The molecule has 0 saturated heterocycles. The summed E-state index contributed by atoms with van der Waals surface area (Å²) in [5.74, 6) is -0.736. The van der Waals surface area contributed by atoms with Gasteiger partial charge in [-0.3, -0.25) is 9.59 Å². The molecule has 20 heavy (non-hydrogen) atoms. The van der Waals surface area contributed by atoms with Crippen molar-refractivity contribution in [1.82, 2.24) is 0 Å². The number of anilines is 1. The van der Waals surface area contributed by atoms with E-state index in [1.807, 2.05) is 20.8 Å². The summed E-state index contributed by atoms with van der Waals surface area (Å²) in [6, 6.07) is 4.33. The summed E-state index contributed by atoms with van der Waals surface area (Å²) >= 11 is 0. The summed E-state index contributed by atoms with van der Waals surface area (Å²) in [6.07, 6.45) is 0. The molecule has 0 aliphatic heterocycles. The van der Waals surface area contributed by atoms with Crippen LogP contribution in [0.25, 0.3) is 0 Å². The Hall–Kier alpha value is -1.59. The summed E-state index contributed by atoms with van der Waals surface area (Å²) in [4.78, 5) is 23.1. The van der Waals surface area contributed by atoms with E-state index in [0.717, 1.165) is 5.56 Å². The van der Waals surface area contributed by atoms with Crippen molar-refractivity contribution in [3.8, 4) is 0 Å². The van der Waals surface area contributed by atoms with Gasteiger partial charge < -0.3 is 16.8 Å². The maximum atomic E-state index is 12.0. The van der Waals surface area contributed by atoms with Crippen LogP contribution in [0.5, 0.6) is 0 Å². The predicted octanol–water partition coefficient (Wildman–Crippen LogP) is 1.83. The van der Waals surface area contributed by atoms with Gasteiger partial charge in [-0.05, 0) is 36.1 Å². The zero-order chi connectivity index (χ0) is 14.8. The Balaban J connectivity index is 0.00000361. The Kier molecular flexibility index (Phi) is 6.19. The molecule has 0 radical (unpaired) electrons. The van der Waals surface area contributed by atoms with Crippen LogP contribution in [0.3, 0.4) is 0 Å². The molecule has 6 heteroatoms. The van der Waals surface area contributed by atoms with Crippen LogP contribution in [-0.4, -0.2) is 17.9 Å². The number of rotatable bonds is 3. The first-order valence-electron chi connectivity index (χ1n) is 6.10. The van der Waals surface area contributed by atoms with Crippen LogP contribution in [0.1, 0.15) is 36.7 Å². The lowest BCUT2D eigenvalue weighted by Gasteiger charge is -2.25. The normalized spacial score (nSPS) is 12.2. The number of hydrogen-bond acceptors (Lipinski definition) is 3. The monoisotopic (exact) mass is 299 g/mol. The highest BCUT2D eigenvalue weighted by Gasteiger charge is 2.27. The van der Waals surface area contributed by atoms with E-state index in [4.69, 9.17) is 11.5 Å². The molecule has 112 valence electrons. The lowest BCUT2D eigenvalue weighted by atomic mass is 9.87. The van der Waals surface area contributed by atoms with E-state index in [0.29, 0.717) is 11.3 Å². The molecule has 5 nitrogen and oxygen atoms in total. The lowest BCUT2D eigenvalue weighted by Crippen LogP contribution is -2.45. The maximum absolute atomic E-state index is 12.0. The highest BCUT2D eigenvalue weighted by atomic mass is 35.5. The van der Waals surface area contributed by atoms with Gasteiger partial charge in [-0.25, -0.2) is 0 Å². The van der Waals surface area contributed by atoms with E-state index in [1.165, 1.54) is 0 Å². The van der Waals surface area contributed by atoms with E-state index in [2.05, 4.69) is 5.32 Å². The van der Waals surface area contributed by atoms with E-state index >= 15 is 0 Å².